The van der Waals surface area contributed by atoms with Crippen LogP contribution in [0, 0.1) is 0 Å². The first kappa shape index (κ1) is 12.9. The molecule has 0 atom stereocenters. The number of carbonyl (C=O) groups is 2. The summed E-state index contributed by atoms with van der Waals surface area (Å²) in [5.41, 5.74) is 0.732. The van der Waals surface area contributed by atoms with Crippen LogP contribution in [0.4, 0.5) is 5.82 Å². The second-order valence-electron chi connectivity index (χ2n) is 3.36. The van der Waals surface area contributed by atoms with Crippen molar-refractivity contribution in [3.63, 3.8) is 0 Å². The molecule has 0 aliphatic rings. The third kappa shape index (κ3) is 4.06. The van der Waals surface area contributed by atoms with Gasteiger partial charge in [0.25, 0.3) is 0 Å². The summed E-state index contributed by atoms with van der Waals surface area (Å²) < 4.78 is 0. The molecule has 1 heterocycles. The smallest absolute Gasteiger partial charge is 0.323 e. The number of carboxylic acids is 2. The minimum atomic E-state index is -1.11. The topological polar surface area (TPSA) is 104 Å². The highest BCUT2D eigenvalue weighted by Gasteiger charge is 2.15. The molecule has 0 bridgehead atoms. The van der Waals surface area contributed by atoms with E-state index in [0.29, 0.717) is 12.2 Å². The quantitative estimate of drug-likeness (QED) is 0.720. The average molecular weight is 239 g/mol. The summed E-state index contributed by atoms with van der Waals surface area (Å²) in [6.45, 7) is 1.07. The van der Waals surface area contributed by atoms with Crippen LogP contribution < -0.4 is 4.90 Å². The molecular weight excluding hydrogens is 226 g/mol. The Kier molecular flexibility index (Phi) is 4.38. The van der Waals surface area contributed by atoms with Crippen LogP contribution in [-0.4, -0.2) is 45.2 Å². The number of hydrogen-bond acceptors (Lipinski definition) is 5. The van der Waals surface area contributed by atoms with Crippen molar-refractivity contribution in [2.45, 2.75) is 13.3 Å². The van der Waals surface area contributed by atoms with Gasteiger partial charge in [-0.2, -0.15) is 0 Å². The highest BCUT2D eigenvalue weighted by molar-refractivity contribution is 5.78. The maximum absolute atomic E-state index is 10.6. The van der Waals surface area contributed by atoms with E-state index >= 15 is 0 Å². The SMILES string of the molecule is CCc1cc(N(CC(=O)O)CC(=O)O)ncn1. The zero-order valence-electron chi connectivity index (χ0n) is 9.33. The molecular formula is C10H13N3O4. The predicted octanol–water partition coefficient (Wildman–Crippen LogP) is 0.0146. The maximum Gasteiger partial charge on any atom is 0.323 e. The van der Waals surface area contributed by atoms with E-state index in [4.69, 9.17) is 10.2 Å². The minimum absolute atomic E-state index is 0.307. The number of rotatable bonds is 6. The molecule has 0 aliphatic heterocycles. The van der Waals surface area contributed by atoms with E-state index in [2.05, 4.69) is 9.97 Å². The molecule has 0 amide bonds. The first-order valence-corrected chi connectivity index (χ1v) is 5.02. The van der Waals surface area contributed by atoms with Gasteiger partial charge in [-0.3, -0.25) is 9.59 Å². The Bertz CT molecular complexity index is 406. The molecule has 2 N–H and O–H groups in total. The van der Waals surface area contributed by atoms with E-state index < -0.39 is 25.0 Å². The van der Waals surface area contributed by atoms with E-state index in [-0.39, 0.29) is 0 Å². The molecule has 7 nitrogen and oxygen atoms in total. The zero-order valence-corrected chi connectivity index (χ0v) is 9.33. The molecule has 0 aromatic carbocycles. The second kappa shape index (κ2) is 5.78. The number of carboxylic acid groups (broad SMARTS) is 2. The van der Waals surface area contributed by atoms with Gasteiger partial charge in [-0.05, 0) is 6.42 Å². The first-order valence-electron chi connectivity index (χ1n) is 5.02. The van der Waals surface area contributed by atoms with Crippen LogP contribution in [0.1, 0.15) is 12.6 Å². The Hall–Kier alpha value is -2.18. The Labute approximate surface area is 97.7 Å². The number of aryl methyl sites for hydroxylation is 1. The van der Waals surface area contributed by atoms with Crippen molar-refractivity contribution in [1.29, 1.82) is 0 Å². The van der Waals surface area contributed by atoms with Crippen LogP contribution in [0.15, 0.2) is 12.4 Å². The van der Waals surface area contributed by atoms with E-state index in [1.165, 1.54) is 11.2 Å². The molecule has 0 spiro atoms. The summed E-state index contributed by atoms with van der Waals surface area (Å²) in [6.07, 6.45) is 1.97. The molecule has 1 aromatic rings. The Morgan fingerprint density at radius 1 is 1.24 bits per heavy atom. The molecule has 0 saturated heterocycles. The summed E-state index contributed by atoms with van der Waals surface area (Å²) >= 11 is 0. The summed E-state index contributed by atoms with van der Waals surface area (Å²) in [5, 5.41) is 17.4. The van der Waals surface area contributed by atoms with Gasteiger partial charge in [0, 0.05) is 11.8 Å². The number of nitrogens with zero attached hydrogens (tertiary/aromatic N) is 3. The summed E-state index contributed by atoms with van der Waals surface area (Å²) in [4.78, 5) is 30.3. The van der Waals surface area contributed by atoms with E-state index in [1.54, 1.807) is 6.07 Å². The number of aliphatic carboxylic acids is 2. The zero-order chi connectivity index (χ0) is 12.8. The normalized spacial score (nSPS) is 9.94. The highest BCUT2D eigenvalue weighted by atomic mass is 16.4. The van der Waals surface area contributed by atoms with Crippen molar-refractivity contribution in [1.82, 2.24) is 9.97 Å². The van der Waals surface area contributed by atoms with Crippen molar-refractivity contribution in [2.24, 2.45) is 0 Å². The second-order valence-corrected chi connectivity index (χ2v) is 3.36. The molecule has 92 valence electrons. The largest absolute Gasteiger partial charge is 0.480 e. The fourth-order valence-corrected chi connectivity index (χ4v) is 1.30. The molecule has 1 aromatic heterocycles. The van der Waals surface area contributed by atoms with Gasteiger partial charge >= 0.3 is 11.9 Å². The van der Waals surface area contributed by atoms with Gasteiger partial charge in [0.1, 0.15) is 25.2 Å². The highest BCUT2D eigenvalue weighted by Crippen LogP contribution is 2.10. The van der Waals surface area contributed by atoms with Gasteiger partial charge in [-0.25, -0.2) is 9.97 Å². The fraction of sp³-hybridized carbons (Fsp3) is 0.400. The lowest BCUT2D eigenvalue weighted by Gasteiger charge is -2.19. The van der Waals surface area contributed by atoms with Crippen LogP contribution in [-0.2, 0) is 16.0 Å². The van der Waals surface area contributed by atoms with E-state index in [9.17, 15) is 9.59 Å². The lowest BCUT2D eigenvalue weighted by molar-refractivity contribution is -0.136. The Morgan fingerprint density at radius 3 is 2.29 bits per heavy atom. The van der Waals surface area contributed by atoms with Crippen LogP contribution in [0.2, 0.25) is 0 Å². The van der Waals surface area contributed by atoms with Gasteiger partial charge in [-0.15, -0.1) is 0 Å². The van der Waals surface area contributed by atoms with Crippen LogP contribution in [0.25, 0.3) is 0 Å². The first-order chi connectivity index (χ1) is 8.02. The van der Waals surface area contributed by atoms with Crippen molar-refractivity contribution < 1.29 is 19.8 Å². The Balaban J connectivity index is 2.94. The Morgan fingerprint density at radius 2 is 1.82 bits per heavy atom. The summed E-state index contributed by atoms with van der Waals surface area (Å²) in [7, 11) is 0. The average Bonchev–Trinajstić information content (AvgIpc) is 2.27. The van der Waals surface area contributed by atoms with Crippen LogP contribution in [0.5, 0.6) is 0 Å². The number of anilines is 1. The molecule has 0 fully saturated rings. The molecule has 1 rings (SSSR count). The predicted molar refractivity (Wildman–Crippen MR) is 58.9 cm³/mol. The fourth-order valence-electron chi connectivity index (χ4n) is 1.30. The molecule has 0 aliphatic carbocycles. The lowest BCUT2D eigenvalue weighted by atomic mass is 10.3. The van der Waals surface area contributed by atoms with Gasteiger partial charge in [0.15, 0.2) is 0 Å². The monoisotopic (exact) mass is 239 g/mol. The van der Waals surface area contributed by atoms with Crippen molar-refractivity contribution in [2.75, 3.05) is 18.0 Å². The summed E-state index contributed by atoms with van der Waals surface area (Å²) in [6, 6.07) is 1.59. The van der Waals surface area contributed by atoms with Crippen molar-refractivity contribution >= 4 is 17.8 Å². The van der Waals surface area contributed by atoms with Crippen LogP contribution in [0.3, 0.4) is 0 Å². The maximum atomic E-state index is 10.6. The lowest BCUT2D eigenvalue weighted by Crippen LogP contribution is -2.35. The third-order valence-electron chi connectivity index (χ3n) is 2.05. The number of hydrogen-bond donors (Lipinski definition) is 2. The van der Waals surface area contributed by atoms with E-state index in [0.717, 1.165) is 5.69 Å². The molecule has 0 saturated carbocycles. The standard InChI is InChI=1S/C10H13N3O4/c1-2-7-3-8(12-6-11-7)13(4-9(14)15)5-10(16)17/h3,6H,2,4-5H2,1H3,(H,14,15)(H,16,17). The van der Waals surface area contributed by atoms with Crippen molar-refractivity contribution in [3.05, 3.63) is 18.1 Å². The summed E-state index contributed by atoms with van der Waals surface area (Å²) in [5.74, 6) is -1.91. The molecule has 17 heavy (non-hydrogen) atoms. The van der Waals surface area contributed by atoms with Gasteiger partial charge in [0.2, 0.25) is 0 Å². The molecule has 7 heteroatoms. The third-order valence-corrected chi connectivity index (χ3v) is 2.05. The van der Waals surface area contributed by atoms with E-state index in [1.807, 2.05) is 6.92 Å². The minimum Gasteiger partial charge on any atom is -0.480 e. The molecule has 0 unspecified atom stereocenters. The van der Waals surface area contributed by atoms with Gasteiger partial charge in [-0.1, -0.05) is 6.92 Å². The van der Waals surface area contributed by atoms with Crippen LogP contribution >= 0.6 is 0 Å². The molecule has 0 radical (unpaired) electrons. The van der Waals surface area contributed by atoms with Crippen molar-refractivity contribution in [3.8, 4) is 0 Å². The number of aromatic nitrogens is 2. The van der Waals surface area contributed by atoms with Gasteiger partial charge in [0.05, 0.1) is 0 Å². The van der Waals surface area contributed by atoms with Gasteiger partial charge < -0.3 is 15.1 Å².